The minimum absolute atomic E-state index is 0.0937. The van der Waals surface area contributed by atoms with Crippen LogP contribution in [-0.4, -0.2) is 67.8 Å². The molecule has 114 valence electrons. The maximum absolute atomic E-state index is 12.5. The van der Waals surface area contributed by atoms with E-state index in [1.165, 1.54) is 0 Å². The third-order valence-electron chi connectivity index (χ3n) is 4.09. The van der Waals surface area contributed by atoms with Crippen LogP contribution in [-0.2, 0) is 14.3 Å². The Bertz CT molecular complexity index is 361. The maximum Gasteiger partial charge on any atom is 0.409 e. The molecule has 2 aliphatic rings. The molecule has 0 N–H and O–H groups in total. The van der Waals surface area contributed by atoms with Gasteiger partial charge in [0.05, 0.1) is 18.6 Å². The van der Waals surface area contributed by atoms with Crippen molar-refractivity contribution < 1.29 is 19.1 Å². The van der Waals surface area contributed by atoms with Gasteiger partial charge in [0.1, 0.15) is 0 Å². The second-order valence-corrected chi connectivity index (χ2v) is 5.41. The summed E-state index contributed by atoms with van der Waals surface area (Å²) in [6.07, 6.45) is 2.46. The van der Waals surface area contributed by atoms with Gasteiger partial charge in [-0.05, 0) is 26.2 Å². The lowest BCUT2D eigenvalue weighted by molar-refractivity contribution is -0.136. The SMILES string of the molecule is CCOC(=O)N1CCCC(C(=O)N2CC[C@@H](OC)C2)C1. The van der Waals surface area contributed by atoms with E-state index in [9.17, 15) is 9.59 Å². The number of amides is 2. The zero-order valence-corrected chi connectivity index (χ0v) is 12.3. The first-order chi connectivity index (χ1) is 9.65. The summed E-state index contributed by atoms with van der Waals surface area (Å²) < 4.78 is 10.3. The van der Waals surface area contributed by atoms with Gasteiger partial charge in [-0.3, -0.25) is 4.79 Å². The third kappa shape index (κ3) is 3.42. The Kier molecular flexibility index (Phi) is 5.23. The van der Waals surface area contributed by atoms with Gasteiger partial charge in [-0.1, -0.05) is 0 Å². The molecule has 0 bridgehead atoms. The van der Waals surface area contributed by atoms with Crippen LogP contribution in [0.1, 0.15) is 26.2 Å². The maximum atomic E-state index is 12.5. The molecule has 0 aromatic carbocycles. The lowest BCUT2D eigenvalue weighted by Crippen LogP contribution is -2.46. The van der Waals surface area contributed by atoms with Gasteiger partial charge in [-0.25, -0.2) is 4.79 Å². The van der Waals surface area contributed by atoms with Crippen molar-refractivity contribution in [1.82, 2.24) is 9.80 Å². The van der Waals surface area contributed by atoms with Crippen LogP contribution in [0.25, 0.3) is 0 Å². The molecule has 0 spiro atoms. The smallest absolute Gasteiger partial charge is 0.409 e. The summed E-state index contributed by atoms with van der Waals surface area (Å²) in [6.45, 7) is 4.75. The quantitative estimate of drug-likeness (QED) is 0.779. The molecular weight excluding hydrogens is 260 g/mol. The molecule has 2 saturated heterocycles. The summed E-state index contributed by atoms with van der Waals surface area (Å²) in [6, 6.07) is 0. The Morgan fingerprint density at radius 2 is 1.95 bits per heavy atom. The lowest BCUT2D eigenvalue weighted by Gasteiger charge is -2.33. The average Bonchev–Trinajstić information content (AvgIpc) is 2.96. The summed E-state index contributed by atoms with van der Waals surface area (Å²) >= 11 is 0. The molecular formula is C14H24N2O4. The molecule has 2 fully saturated rings. The minimum Gasteiger partial charge on any atom is -0.450 e. The Labute approximate surface area is 120 Å². The first kappa shape index (κ1) is 15.1. The van der Waals surface area contributed by atoms with Gasteiger partial charge in [0.15, 0.2) is 0 Å². The van der Waals surface area contributed by atoms with Crippen molar-refractivity contribution in [3.8, 4) is 0 Å². The summed E-state index contributed by atoms with van der Waals surface area (Å²) in [5, 5.41) is 0. The van der Waals surface area contributed by atoms with Gasteiger partial charge in [0.2, 0.25) is 5.91 Å². The molecule has 20 heavy (non-hydrogen) atoms. The Morgan fingerprint density at radius 3 is 2.60 bits per heavy atom. The highest BCUT2D eigenvalue weighted by Gasteiger charge is 2.34. The monoisotopic (exact) mass is 284 g/mol. The normalized spacial score (nSPS) is 26.7. The largest absolute Gasteiger partial charge is 0.450 e. The number of ether oxygens (including phenoxy) is 2. The molecule has 6 nitrogen and oxygen atoms in total. The predicted octanol–water partition coefficient (Wildman–Crippen LogP) is 1.10. The summed E-state index contributed by atoms with van der Waals surface area (Å²) in [4.78, 5) is 27.7. The molecule has 6 heteroatoms. The van der Waals surface area contributed by atoms with Crippen molar-refractivity contribution in [2.45, 2.75) is 32.3 Å². The van der Waals surface area contributed by atoms with Gasteiger partial charge >= 0.3 is 6.09 Å². The Morgan fingerprint density at radius 1 is 1.15 bits per heavy atom. The first-order valence-corrected chi connectivity index (χ1v) is 7.39. The van der Waals surface area contributed by atoms with Crippen molar-refractivity contribution in [2.75, 3.05) is 39.9 Å². The van der Waals surface area contributed by atoms with Gasteiger partial charge in [0, 0.05) is 33.3 Å². The highest BCUT2D eigenvalue weighted by atomic mass is 16.6. The van der Waals surface area contributed by atoms with Crippen LogP contribution in [0.2, 0.25) is 0 Å². The molecule has 2 rings (SSSR count). The van der Waals surface area contributed by atoms with Crippen molar-refractivity contribution in [1.29, 1.82) is 0 Å². The molecule has 2 amide bonds. The fraction of sp³-hybridized carbons (Fsp3) is 0.857. The number of piperidine rings is 1. The molecule has 2 atom stereocenters. The van der Waals surface area contributed by atoms with E-state index >= 15 is 0 Å². The molecule has 0 aromatic rings. The number of rotatable bonds is 3. The molecule has 0 radical (unpaired) electrons. The van der Waals surface area contributed by atoms with Crippen molar-refractivity contribution in [2.24, 2.45) is 5.92 Å². The molecule has 0 saturated carbocycles. The third-order valence-corrected chi connectivity index (χ3v) is 4.09. The summed E-state index contributed by atoms with van der Waals surface area (Å²) in [5.74, 6) is 0.0577. The van der Waals surface area contributed by atoms with Crippen LogP contribution in [0.4, 0.5) is 4.79 Å². The standard InChI is InChI=1S/C14H24N2O4/c1-3-20-14(18)16-7-4-5-11(9-16)13(17)15-8-6-12(10-15)19-2/h11-12H,3-10H2,1-2H3/t11?,12-/m1/s1. The summed E-state index contributed by atoms with van der Waals surface area (Å²) in [7, 11) is 1.68. The van der Waals surface area contributed by atoms with E-state index in [4.69, 9.17) is 9.47 Å². The van der Waals surface area contributed by atoms with Crippen molar-refractivity contribution >= 4 is 12.0 Å². The molecule has 2 aliphatic heterocycles. The van der Waals surface area contributed by atoms with Gasteiger partial charge in [0.25, 0.3) is 0 Å². The summed E-state index contributed by atoms with van der Waals surface area (Å²) in [5.41, 5.74) is 0. The van der Waals surface area contributed by atoms with Gasteiger partial charge < -0.3 is 19.3 Å². The fourth-order valence-corrected chi connectivity index (χ4v) is 2.94. The van der Waals surface area contributed by atoms with Crippen molar-refractivity contribution in [3.05, 3.63) is 0 Å². The lowest BCUT2D eigenvalue weighted by atomic mass is 9.97. The number of nitrogens with zero attached hydrogens (tertiary/aromatic N) is 2. The molecule has 0 aromatic heterocycles. The van der Waals surface area contributed by atoms with E-state index < -0.39 is 0 Å². The highest BCUT2D eigenvalue weighted by molar-refractivity contribution is 5.80. The van der Waals surface area contributed by atoms with E-state index in [2.05, 4.69) is 0 Å². The van der Waals surface area contributed by atoms with E-state index in [0.717, 1.165) is 25.8 Å². The van der Waals surface area contributed by atoms with Gasteiger partial charge in [-0.15, -0.1) is 0 Å². The van der Waals surface area contributed by atoms with Crippen LogP contribution in [0, 0.1) is 5.92 Å². The average molecular weight is 284 g/mol. The zero-order valence-electron chi connectivity index (χ0n) is 12.3. The van der Waals surface area contributed by atoms with Crippen LogP contribution in [0.15, 0.2) is 0 Å². The van der Waals surface area contributed by atoms with E-state index in [-0.39, 0.29) is 24.0 Å². The van der Waals surface area contributed by atoms with Crippen LogP contribution in [0.5, 0.6) is 0 Å². The van der Waals surface area contributed by atoms with Crippen LogP contribution < -0.4 is 0 Å². The van der Waals surface area contributed by atoms with E-state index in [1.807, 2.05) is 4.90 Å². The number of carbonyl (C=O) groups excluding carboxylic acids is 2. The second kappa shape index (κ2) is 6.92. The number of hydrogen-bond donors (Lipinski definition) is 0. The zero-order chi connectivity index (χ0) is 14.5. The highest BCUT2D eigenvalue weighted by Crippen LogP contribution is 2.22. The Hall–Kier alpha value is -1.30. The van der Waals surface area contributed by atoms with Gasteiger partial charge in [-0.2, -0.15) is 0 Å². The molecule has 1 unspecified atom stereocenters. The van der Waals surface area contributed by atoms with Crippen LogP contribution >= 0.6 is 0 Å². The number of hydrogen-bond acceptors (Lipinski definition) is 4. The van der Waals surface area contributed by atoms with Crippen LogP contribution in [0.3, 0.4) is 0 Å². The minimum atomic E-state index is -0.304. The van der Waals surface area contributed by atoms with E-state index in [1.54, 1.807) is 18.9 Å². The topological polar surface area (TPSA) is 59.1 Å². The predicted molar refractivity (Wildman–Crippen MR) is 73.3 cm³/mol. The van der Waals surface area contributed by atoms with E-state index in [0.29, 0.717) is 26.2 Å². The fourth-order valence-electron chi connectivity index (χ4n) is 2.94. The molecule has 0 aliphatic carbocycles. The first-order valence-electron chi connectivity index (χ1n) is 7.39. The molecule has 2 heterocycles. The number of carbonyl (C=O) groups is 2. The second-order valence-electron chi connectivity index (χ2n) is 5.41. The van der Waals surface area contributed by atoms with Crippen molar-refractivity contribution in [3.63, 3.8) is 0 Å². The number of methoxy groups -OCH3 is 1. The Balaban J connectivity index is 1.88. The number of likely N-dealkylation sites (tertiary alicyclic amines) is 2.